The lowest BCUT2D eigenvalue weighted by atomic mass is 9.89. The number of benzene rings is 1. The van der Waals surface area contributed by atoms with Crippen LogP contribution in [0.25, 0.3) is 0 Å². The fourth-order valence-electron chi connectivity index (χ4n) is 3.30. The molecule has 1 aliphatic heterocycles. The summed E-state index contributed by atoms with van der Waals surface area (Å²) in [6.07, 6.45) is 0.623. The number of carbonyl (C=O) groups excluding carboxylic acids is 1. The first-order valence-corrected chi connectivity index (χ1v) is 8.56. The van der Waals surface area contributed by atoms with Crippen molar-refractivity contribution in [3.63, 3.8) is 0 Å². The number of amides is 1. The molecule has 3 rings (SSSR count). The average Bonchev–Trinajstić information content (AvgIpc) is 2.56. The Morgan fingerprint density at radius 2 is 2.04 bits per heavy atom. The summed E-state index contributed by atoms with van der Waals surface area (Å²) in [6.45, 7) is 5.77. The maximum atomic E-state index is 12.8. The largest absolute Gasteiger partial charge is 0.497 e. The maximum Gasteiger partial charge on any atom is 0.268 e. The van der Waals surface area contributed by atoms with E-state index < -0.39 is 5.60 Å². The fraction of sp³-hybridized carbons (Fsp3) is 0.400. The topological polar surface area (TPSA) is 69.6 Å². The van der Waals surface area contributed by atoms with Gasteiger partial charge in [0.25, 0.3) is 5.91 Å². The Hall–Kier alpha value is -2.76. The Morgan fingerprint density at radius 3 is 2.73 bits per heavy atom. The minimum atomic E-state index is -0.435. The van der Waals surface area contributed by atoms with Crippen molar-refractivity contribution >= 4 is 5.91 Å². The van der Waals surface area contributed by atoms with Gasteiger partial charge in [0, 0.05) is 42.9 Å². The van der Waals surface area contributed by atoms with E-state index in [9.17, 15) is 9.59 Å². The highest BCUT2D eigenvalue weighted by atomic mass is 16.5. The van der Waals surface area contributed by atoms with Crippen molar-refractivity contribution in [3.05, 3.63) is 57.5 Å². The molecule has 1 aliphatic rings. The minimum absolute atomic E-state index is 0.178. The second kappa shape index (κ2) is 6.52. The van der Waals surface area contributed by atoms with Crippen molar-refractivity contribution in [1.82, 2.24) is 9.88 Å². The van der Waals surface area contributed by atoms with Gasteiger partial charge in [0.2, 0.25) is 0 Å². The summed E-state index contributed by atoms with van der Waals surface area (Å²) in [7, 11) is 3.38. The number of aryl methyl sites for hydroxylation is 1. The molecule has 0 saturated heterocycles. The van der Waals surface area contributed by atoms with Gasteiger partial charge in [-0.3, -0.25) is 9.59 Å². The first-order chi connectivity index (χ1) is 12.2. The highest BCUT2D eigenvalue weighted by molar-refractivity contribution is 5.93. The third-order valence-electron chi connectivity index (χ3n) is 4.74. The van der Waals surface area contributed by atoms with Crippen molar-refractivity contribution in [2.75, 3.05) is 7.11 Å². The molecule has 0 bridgehead atoms. The van der Waals surface area contributed by atoms with E-state index in [0.717, 1.165) is 11.3 Å². The predicted molar refractivity (Wildman–Crippen MR) is 98.9 cm³/mol. The molecule has 1 aromatic heterocycles. The molecular formula is C20H24N2O4. The molecule has 0 radical (unpaired) electrons. The number of carbonyl (C=O) groups is 1. The van der Waals surface area contributed by atoms with Gasteiger partial charge < -0.3 is 19.4 Å². The number of fused-ring (bicyclic) bond motifs is 1. The number of nitrogens with one attached hydrogen (secondary N) is 1. The highest BCUT2D eigenvalue weighted by Crippen LogP contribution is 2.41. The van der Waals surface area contributed by atoms with Crippen LogP contribution in [0.4, 0.5) is 0 Å². The minimum Gasteiger partial charge on any atom is -0.497 e. The van der Waals surface area contributed by atoms with E-state index >= 15 is 0 Å². The molecule has 138 valence electrons. The van der Waals surface area contributed by atoms with Crippen LogP contribution in [0.3, 0.4) is 0 Å². The summed E-state index contributed by atoms with van der Waals surface area (Å²) < 4.78 is 13.0. The van der Waals surface area contributed by atoms with Gasteiger partial charge in [0.05, 0.1) is 13.2 Å². The standard InChI is InChI=1S/C20H24N2O4/c1-12-8-13(23)9-17(22(12)4)19(24)21-16-11-20(2,3)26-18-10-14(25-5)6-7-15(16)18/h6-10,16H,11H2,1-5H3,(H,21,24). The number of nitrogens with zero attached hydrogens (tertiary/aromatic N) is 1. The molecule has 2 aromatic rings. The van der Waals surface area contributed by atoms with Crippen molar-refractivity contribution in [3.8, 4) is 11.5 Å². The number of aromatic nitrogens is 1. The van der Waals surface area contributed by atoms with E-state index in [0.29, 0.717) is 23.6 Å². The van der Waals surface area contributed by atoms with E-state index in [-0.39, 0.29) is 17.4 Å². The summed E-state index contributed by atoms with van der Waals surface area (Å²) in [5, 5.41) is 3.06. The molecular weight excluding hydrogens is 332 g/mol. The Kier molecular flexibility index (Phi) is 4.52. The van der Waals surface area contributed by atoms with Crippen LogP contribution in [0.1, 0.15) is 48.1 Å². The number of pyridine rings is 1. The molecule has 2 heterocycles. The molecule has 1 unspecified atom stereocenters. The predicted octanol–water partition coefficient (Wildman–Crippen LogP) is 2.73. The van der Waals surface area contributed by atoms with E-state index in [2.05, 4.69) is 5.32 Å². The van der Waals surface area contributed by atoms with Gasteiger partial charge in [-0.1, -0.05) is 0 Å². The highest BCUT2D eigenvalue weighted by Gasteiger charge is 2.35. The lowest BCUT2D eigenvalue weighted by molar-refractivity contribution is 0.0614. The average molecular weight is 356 g/mol. The maximum absolute atomic E-state index is 12.8. The zero-order chi connectivity index (χ0) is 19.1. The van der Waals surface area contributed by atoms with E-state index in [4.69, 9.17) is 9.47 Å². The third-order valence-corrected chi connectivity index (χ3v) is 4.74. The first kappa shape index (κ1) is 18.0. The zero-order valence-electron chi connectivity index (χ0n) is 15.8. The van der Waals surface area contributed by atoms with Crippen molar-refractivity contribution in [2.45, 2.75) is 38.8 Å². The van der Waals surface area contributed by atoms with Gasteiger partial charge in [0.15, 0.2) is 5.43 Å². The smallest absolute Gasteiger partial charge is 0.268 e. The Labute approximate surface area is 152 Å². The van der Waals surface area contributed by atoms with Crippen molar-refractivity contribution in [1.29, 1.82) is 0 Å². The Balaban J connectivity index is 1.95. The number of ether oxygens (including phenoxy) is 2. The lowest BCUT2D eigenvalue weighted by Crippen LogP contribution is -2.42. The molecule has 0 saturated carbocycles. The van der Waals surface area contributed by atoms with Crippen LogP contribution in [0.5, 0.6) is 11.5 Å². The zero-order valence-corrected chi connectivity index (χ0v) is 15.8. The Morgan fingerprint density at radius 1 is 1.31 bits per heavy atom. The van der Waals surface area contributed by atoms with E-state index in [1.807, 2.05) is 32.0 Å². The molecule has 26 heavy (non-hydrogen) atoms. The molecule has 6 heteroatoms. The van der Waals surface area contributed by atoms with E-state index in [1.54, 1.807) is 25.6 Å². The molecule has 1 N–H and O–H groups in total. The third kappa shape index (κ3) is 3.45. The van der Waals surface area contributed by atoms with Gasteiger partial charge >= 0.3 is 0 Å². The summed E-state index contributed by atoms with van der Waals surface area (Å²) in [4.78, 5) is 24.7. The first-order valence-electron chi connectivity index (χ1n) is 8.56. The summed E-state index contributed by atoms with van der Waals surface area (Å²) in [5.74, 6) is 1.12. The van der Waals surface area contributed by atoms with Crippen LogP contribution in [-0.4, -0.2) is 23.2 Å². The number of hydrogen-bond acceptors (Lipinski definition) is 4. The Bertz CT molecular complexity index is 915. The van der Waals surface area contributed by atoms with Gasteiger partial charge in [0.1, 0.15) is 22.8 Å². The van der Waals surface area contributed by atoms with Crippen LogP contribution < -0.4 is 20.2 Å². The molecule has 6 nitrogen and oxygen atoms in total. The normalized spacial score (nSPS) is 17.8. The lowest BCUT2D eigenvalue weighted by Gasteiger charge is -2.38. The van der Waals surface area contributed by atoms with Gasteiger partial charge in [-0.2, -0.15) is 0 Å². The summed E-state index contributed by atoms with van der Waals surface area (Å²) in [5.41, 5.74) is 1.37. The van der Waals surface area contributed by atoms with Crippen molar-refractivity contribution in [2.24, 2.45) is 7.05 Å². The molecule has 0 fully saturated rings. The van der Waals surface area contributed by atoms with Crippen LogP contribution in [0, 0.1) is 6.92 Å². The van der Waals surface area contributed by atoms with E-state index in [1.165, 1.54) is 12.1 Å². The van der Waals surface area contributed by atoms with Gasteiger partial charge in [-0.05, 0) is 32.9 Å². The second-order valence-electron chi connectivity index (χ2n) is 7.27. The molecule has 0 spiro atoms. The number of hydrogen-bond donors (Lipinski definition) is 1. The summed E-state index contributed by atoms with van der Waals surface area (Å²) in [6, 6.07) is 8.24. The second-order valence-corrected chi connectivity index (χ2v) is 7.27. The molecule has 1 aromatic carbocycles. The van der Waals surface area contributed by atoms with Gasteiger partial charge in [-0.25, -0.2) is 0 Å². The SMILES string of the molecule is COc1ccc2c(c1)OC(C)(C)CC2NC(=O)c1cc(=O)cc(C)n1C. The van der Waals surface area contributed by atoms with Crippen LogP contribution in [0.2, 0.25) is 0 Å². The molecule has 0 aliphatic carbocycles. The molecule has 1 amide bonds. The monoisotopic (exact) mass is 356 g/mol. The summed E-state index contributed by atoms with van der Waals surface area (Å²) >= 11 is 0. The molecule has 1 atom stereocenters. The fourth-order valence-corrected chi connectivity index (χ4v) is 3.30. The quantitative estimate of drug-likeness (QED) is 0.918. The van der Waals surface area contributed by atoms with Crippen LogP contribution in [-0.2, 0) is 7.05 Å². The number of methoxy groups -OCH3 is 1. The van der Waals surface area contributed by atoms with Crippen LogP contribution >= 0.6 is 0 Å². The number of rotatable bonds is 3. The van der Waals surface area contributed by atoms with Gasteiger partial charge in [-0.15, -0.1) is 0 Å². The van der Waals surface area contributed by atoms with Crippen molar-refractivity contribution < 1.29 is 14.3 Å². The van der Waals surface area contributed by atoms with Crippen LogP contribution in [0.15, 0.2) is 35.1 Å².